The Kier molecular flexibility index (Phi) is 3.91. The molecule has 0 radical (unpaired) electrons. The highest BCUT2D eigenvalue weighted by molar-refractivity contribution is 5.83. The first kappa shape index (κ1) is 16.8. The van der Waals surface area contributed by atoms with E-state index in [1.165, 1.54) is 23.1 Å². The van der Waals surface area contributed by atoms with E-state index < -0.39 is 18.4 Å². The largest absolute Gasteiger partial charge is 0.480 e. The average Bonchev–Trinajstić information content (AvgIpc) is 3.16. The quantitative estimate of drug-likeness (QED) is 0.559. The van der Waals surface area contributed by atoms with Gasteiger partial charge in [0.1, 0.15) is 17.6 Å². The molecule has 0 spiro atoms. The first-order valence-corrected chi connectivity index (χ1v) is 8.07. The molecule has 0 unspecified atom stereocenters. The van der Waals surface area contributed by atoms with Crippen molar-refractivity contribution in [3.05, 3.63) is 47.8 Å². The molecule has 4 rings (SSSR count). The lowest BCUT2D eigenvalue weighted by molar-refractivity contribution is -0.139. The Bertz CT molecular complexity index is 1180. The molecule has 4 aromatic rings. The van der Waals surface area contributed by atoms with Gasteiger partial charge in [0.05, 0.1) is 6.20 Å². The third-order valence-corrected chi connectivity index (χ3v) is 4.14. The summed E-state index contributed by atoms with van der Waals surface area (Å²) in [6.07, 6.45) is 2.79. The number of H-pyrrole nitrogens is 1. The highest BCUT2D eigenvalue weighted by atomic mass is 19.1. The van der Waals surface area contributed by atoms with Gasteiger partial charge in [-0.15, -0.1) is 0 Å². The number of nitrogens with one attached hydrogen (secondary N) is 1. The molecule has 0 aliphatic heterocycles. The van der Waals surface area contributed by atoms with Gasteiger partial charge in [-0.05, 0) is 32.0 Å². The van der Waals surface area contributed by atoms with E-state index in [2.05, 4.69) is 15.1 Å². The number of rotatable bonds is 5. The van der Waals surface area contributed by atoms with Crippen LogP contribution in [0.3, 0.4) is 0 Å². The minimum Gasteiger partial charge on any atom is -0.480 e. The van der Waals surface area contributed by atoms with Crippen LogP contribution >= 0.6 is 0 Å². The maximum absolute atomic E-state index is 14.8. The van der Waals surface area contributed by atoms with E-state index in [-0.39, 0.29) is 11.6 Å². The summed E-state index contributed by atoms with van der Waals surface area (Å²) < 4.78 is 27.2. The summed E-state index contributed by atoms with van der Waals surface area (Å²) in [5.41, 5.74) is 2.56. The highest BCUT2D eigenvalue weighted by Crippen LogP contribution is 2.34. The first-order valence-electron chi connectivity index (χ1n) is 8.07. The number of aliphatic carboxylic acids is 1. The number of aromatic amines is 1. The molecule has 0 aliphatic carbocycles. The summed E-state index contributed by atoms with van der Waals surface area (Å²) in [7, 11) is 0. The number of aryl methyl sites for hydroxylation is 2. The molecule has 1 aromatic carbocycles. The van der Waals surface area contributed by atoms with Crippen molar-refractivity contribution >= 4 is 22.4 Å². The topological polar surface area (TPSA) is 102 Å². The molecule has 3 heterocycles. The maximum atomic E-state index is 14.8. The zero-order chi connectivity index (χ0) is 19.1. The van der Waals surface area contributed by atoms with E-state index in [4.69, 9.17) is 14.6 Å². The normalized spacial score (nSPS) is 11.2. The fraction of sp³-hybridized carbons (Fsp3) is 0.167. The van der Waals surface area contributed by atoms with Gasteiger partial charge < -0.3 is 19.6 Å². The molecule has 9 heteroatoms. The van der Waals surface area contributed by atoms with Gasteiger partial charge in [-0.25, -0.2) is 13.7 Å². The molecule has 0 amide bonds. The SMILES string of the molecule is Cc1cc2c(F)c(Oc3ncnn4cc(OCC(=O)O)c(C)c34)ccc2[nH]1. The van der Waals surface area contributed by atoms with Gasteiger partial charge in [0.15, 0.2) is 18.2 Å². The Morgan fingerprint density at radius 1 is 1.33 bits per heavy atom. The highest BCUT2D eigenvalue weighted by Gasteiger charge is 2.18. The van der Waals surface area contributed by atoms with Crippen molar-refractivity contribution in [2.24, 2.45) is 0 Å². The standard InChI is InChI=1S/C18H15FN4O4/c1-9-5-11-12(22-9)3-4-13(16(11)19)27-18-17-10(2)14(26-7-15(24)25)6-23(17)21-8-20-18/h3-6,8,22H,7H2,1-2H3,(H,24,25). The van der Waals surface area contributed by atoms with Crippen molar-refractivity contribution in [1.82, 2.24) is 19.6 Å². The fourth-order valence-corrected chi connectivity index (χ4v) is 2.94. The summed E-state index contributed by atoms with van der Waals surface area (Å²) >= 11 is 0. The van der Waals surface area contributed by atoms with Crippen molar-refractivity contribution < 1.29 is 23.8 Å². The lowest BCUT2D eigenvalue weighted by Crippen LogP contribution is -2.09. The third kappa shape index (κ3) is 2.92. The molecule has 3 aromatic heterocycles. The lowest BCUT2D eigenvalue weighted by Gasteiger charge is -2.08. The molecule has 0 saturated heterocycles. The van der Waals surface area contributed by atoms with Crippen LogP contribution in [0.15, 0.2) is 30.7 Å². The number of hydrogen-bond donors (Lipinski definition) is 2. The van der Waals surface area contributed by atoms with Crippen LogP contribution in [0.25, 0.3) is 16.4 Å². The van der Waals surface area contributed by atoms with Gasteiger partial charge in [-0.2, -0.15) is 10.1 Å². The van der Waals surface area contributed by atoms with Crippen LogP contribution in [-0.2, 0) is 4.79 Å². The Morgan fingerprint density at radius 2 is 2.15 bits per heavy atom. The van der Waals surface area contributed by atoms with Crippen LogP contribution in [0.2, 0.25) is 0 Å². The smallest absolute Gasteiger partial charge is 0.341 e. The van der Waals surface area contributed by atoms with Crippen molar-refractivity contribution in [2.45, 2.75) is 13.8 Å². The van der Waals surface area contributed by atoms with E-state index in [9.17, 15) is 9.18 Å². The van der Waals surface area contributed by atoms with E-state index in [1.54, 1.807) is 19.1 Å². The van der Waals surface area contributed by atoms with Crippen molar-refractivity contribution in [3.8, 4) is 17.4 Å². The van der Waals surface area contributed by atoms with Crippen LogP contribution < -0.4 is 9.47 Å². The van der Waals surface area contributed by atoms with Crippen molar-refractivity contribution in [2.75, 3.05) is 6.61 Å². The van der Waals surface area contributed by atoms with E-state index in [1.807, 2.05) is 6.92 Å². The predicted molar refractivity (Wildman–Crippen MR) is 93.9 cm³/mol. The molecule has 0 atom stereocenters. The number of carbonyl (C=O) groups is 1. The average molecular weight is 370 g/mol. The monoisotopic (exact) mass is 370 g/mol. The molecule has 27 heavy (non-hydrogen) atoms. The number of ether oxygens (including phenoxy) is 2. The molecule has 0 fully saturated rings. The van der Waals surface area contributed by atoms with Crippen LogP contribution in [0.1, 0.15) is 11.3 Å². The van der Waals surface area contributed by atoms with Gasteiger partial charge in [0, 0.05) is 22.2 Å². The van der Waals surface area contributed by atoms with Gasteiger partial charge in [-0.1, -0.05) is 0 Å². The summed E-state index contributed by atoms with van der Waals surface area (Å²) in [5, 5.41) is 13.3. The van der Waals surface area contributed by atoms with Gasteiger partial charge in [0.2, 0.25) is 5.88 Å². The summed E-state index contributed by atoms with van der Waals surface area (Å²) in [6.45, 7) is 3.08. The molecule has 0 bridgehead atoms. The number of aromatic nitrogens is 4. The number of benzene rings is 1. The summed E-state index contributed by atoms with van der Waals surface area (Å²) in [6, 6.07) is 4.95. The van der Waals surface area contributed by atoms with E-state index >= 15 is 0 Å². The zero-order valence-electron chi connectivity index (χ0n) is 14.5. The maximum Gasteiger partial charge on any atom is 0.341 e. The molecule has 8 nitrogen and oxygen atoms in total. The zero-order valence-corrected chi connectivity index (χ0v) is 14.5. The summed E-state index contributed by atoms with van der Waals surface area (Å²) in [5.74, 6) is -1.10. The van der Waals surface area contributed by atoms with Crippen LogP contribution in [0.4, 0.5) is 4.39 Å². The van der Waals surface area contributed by atoms with E-state index in [0.29, 0.717) is 27.7 Å². The second-order valence-electron chi connectivity index (χ2n) is 6.05. The number of hydrogen-bond acceptors (Lipinski definition) is 5. The molecule has 2 N–H and O–H groups in total. The van der Waals surface area contributed by atoms with Crippen LogP contribution in [0, 0.1) is 19.7 Å². The molecule has 0 aliphatic rings. The first-order chi connectivity index (χ1) is 12.9. The Labute approximate surface area is 152 Å². The number of carboxylic acids is 1. The third-order valence-electron chi connectivity index (χ3n) is 4.14. The Hall–Kier alpha value is -3.62. The van der Waals surface area contributed by atoms with Crippen molar-refractivity contribution in [1.29, 1.82) is 0 Å². The number of halogens is 1. The number of carboxylic acid groups (broad SMARTS) is 1. The fourth-order valence-electron chi connectivity index (χ4n) is 2.94. The Balaban J connectivity index is 1.76. The minimum atomic E-state index is -1.09. The van der Waals surface area contributed by atoms with Gasteiger partial charge in [0.25, 0.3) is 0 Å². The molecular weight excluding hydrogens is 355 g/mol. The lowest BCUT2D eigenvalue weighted by atomic mass is 10.2. The predicted octanol–water partition coefficient (Wildman–Crippen LogP) is 3.22. The van der Waals surface area contributed by atoms with Crippen LogP contribution in [-0.4, -0.2) is 37.3 Å². The van der Waals surface area contributed by atoms with Crippen LogP contribution in [0.5, 0.6) is 17.4 Å². The van der Waals surface area contributed by atoms with E-state index in [0.717, 1.165) is 5.69 Å². The molecular formula is C18H15FN4O4. The summed E-state index contributed by atoms with van der Waals surface area (Å²) in [4.78, 5) is 17.9. The second kappa shape index (κ2) is 6.27. The molecule has 138 valence electrons. The molecule has 0 saturated carbocycles. The van der Waals surface area contributed by atoms with Gasteiger partial charge >= 0.3 is 5.97 Å². The number of nitrogens with zero attached hydrogens (tertiary/aromatic N) is 3. The number of fused-ring (bicyclic) bond motifs is 2. The minimum absolute atomic E-state index is 0.0238. The second-order valence-corrected chi connectivity index (χ2v) is 6.05. The van der Waals surface area contributed by atoms with Crippen molar-refractivity contribution in [3.63, 3.8) is 0 Å². The Morgan fingerprint density at radius 3 is 2.93 bits per heavy atom. The van der Waals surface area contributed by atoms with Gasteiger partial charge in [-0.3, -0.25) is 0 Å².